The van der Waals surface area contributed by atoms with Crippen molar-refractivity contribution >= 4 is 29.3 Å². The van der Waals surface area contributed by atoms with E-state index in [0.29, 0.717) is 5.25 Å². The number of piperidine rings is 1. The topological polar surface area (TPSA) is 46.3 Å². The number of amides is 1. The van der Waals surface area contributed by atoms with Crippen LogP contribution in [0.1, 0.15) is 26.7 Å². The largest absolute Gasteiger partial charge is 0.341 e. The molecular formula is C16H23ClN2OS. The smallest absolute Gasteiger partial charge is 0.239 e. The zero-order valence-corrected chi connectivity index (χ0v) is 14.2. The van der Waals surface area contributed by atoms with Crippen LogP contribution < -0.4 is 5.73 Å². The summed E-state index contributed by atoms with van der Waals surface area (Å²) in [5, 5.41) is 1.33. The van der Waals surface area contributed by atoms with Gasteiger partial charge < -0.3 is 10.6 Å². The van der Waals surface area contributed by atoms with E-state index in [1.54, 1.807) is 0 Å². The van der Waals surface area contributed by atoms with Gasteiger partial charge in [0.05, 0.1) is 6.04 Å². The first-order valence-electron chi connectivity index (χ1n) is 7.44. The lowest BCUT2D eigenvalue weighted by Crippen LogP contribution is -2.49. The lowest BCUT2D eigenvalue weighted by atomic mass is 10.0. The van der Waals surface area contributed by atoms with E-state index >= 15 is 0 Å². The van der Waals surface area contributed by atoms with Crippen LogP contribution in [-0.4, -0.2) is 35.2 Å². The van der Waals surface area contributed by atoms with Crippen molar-refractivity contribution in [3.05, 3.63) is 29.3 Å². The van der Waals surface area contributed by atoms with Crippen LogP contribution >= 0.6 is 23.4 Å². The van der Waals surface area contributed by atoms with Crippen LogP contribution in [0.2, 0.25) is 5.02 Å². The van der Waals surface area contributed by atoms with Gasteiger partial charge in [-0.05, 0) is 43.0 Å². The van der Waals surface area contributed by atoms with E-state index in [0.717, 1.165) is 31.0 Å². The normalized spacial score (nSPS) is 18.0. The van der Waals surface area contributed by atoms with Crippen LogP contribution in [0.15, 0.2) is 29.2 Å². The van der Waals surface area contributed by atoms with E-state index in [4.69, 9.17) is 17.3 Å². The quantitative estimate of drug-likeness (QED) is 0.922. The Morgan fingerprint density at radius 1 is 1.29 bits per heavy atom. The number of hydrogen-bond donors (Lipinski definition) is 1. The molecule has 0 aliphatic carbocycles. The molecule has 1 saturated heterocycles. The van der Waals surface area contributed by atoms with Gasteiger partial charge in [0.25, 0.3) is 0 Å². The molecule has 1 amide bonds. The number of carbonyl (C=O) groups excluding carboxylic acids is 1. The lowest BCUT2D eigenvalue weighted by Gasteiger charge is -2.34. The Bertz CT molecular complexity index is 470. The summed E-state index contributed by atoms with van der Waals surface area (Å²) in [6, 6.07) is 7.58. The second kappa shape index (κ2) is 7.52. The minimum absolute atomic E-state index is 0.0972. The summed E-state index contributed by atoms with van der Waals surface area (Å²) in [5.41, 5.74) is 5.95. The number of carbonyl (C=O) groups is 1. The van der Waals surface area contributed by atoms with Crippen molar-refractivity contribution in [2.75, 3.05) is 13.1 Å². The maximum absolute atomic E-state index is 12.2. The molecule has 0 unspecified atom stereocenters. The highest BCUT2D eigenvalue weighted by atomic mass is 35.5. The fourth-order valence-electron chi connectivity index (χ4n) is 2.40. The van der Waals surface area contributed by atoms with Gasteiger partial charge in [0.1, 0.15) is 0 Å². The lowest BCUT2D eigenvalue weighted by molar-refractivity contribution is -0.134. The fourth-order valence-corrected chi connectivity index (χ4v) is 3.65. The predicted molar refractivity (Wildman–Crippen MR) is 89.7 cm³/mol. The van der Waals surface area contributed by atoms with Gasteiger partial charge in [-0.3, -0.25) is 4.79 Å². The Balaban J connectivity index is 1.83. The third-order valence-electron chi connectivity index (χ3n) is 3.87. The number of hydrogen-bond acceptors (Lipinski definition) is 3. The number of rotatable bonds is 4. The van der Waals surface area contributed by atoms with Crippen molar-refractivity contribution in [1.29, 1.82) is 0 Å². The van der Waals surface area contributed by atoms with Gasteiger partial charge in [-0.25, -0.2) is 0 Å². The fraction of sp³-hybridized carbons (Fsp3) is 0.562. The summed E-state index contributed by atoms with van der Waals surface area (Å²) in [7, 11) is 0. The Hall–Kier alpha value is -0.710. The van der Waals surface area contributed by atoms with Crippen LogP contribution in [-0.2, 0) is 4.79 Å². The first-order valence-corrected chi connectivity index (χ1v) is 8.69. The molecule has 2 rings (SSSR count). The molecule has 1 aromatic rings. The third-order valence-corrected chi connectivity index (χ3v) is 5.47. The molecule has 1 fully saturated rings. The summed E-state index contributed by atoms with van der Waals surface area (Å²) < 4.78 is 0. The maximum Gasteiger partial charge on any atom is 0.239 e. The molecule has 0 spiro atoms. The molecule has 5 heteroatoms. The van der Waals surface area contributed by atoms with Gasteiger partial charge in [-0.15, -0.1) is 11.8 Å². The minimum Gasteiger partial charge on any atom is -0.341 e. The van der Waals surface area contributed by atoms with E-state index in [1.807, 2.05) is 42.6 Å². The monoisotopic (exact) mass is 326 g/mol. The Morgan fingerprint density at radius 3 is 2.38 bits per heavy atom. The molecule has 3 nitrogen and oxygen atoms in total. The third kappa shape index (κ3) is 4.63. The maximum atomic E-state index is 12.2. The highest BCUT2D eigenvalue weighted by Gasteiger charge is 2.27. The summed E-state index contributed by atoms with van der Waals surface area (Å²) in [6.45, 7) is 5.60. The van der Waals surface area contributed by atoms with E-state index in [1.165, 1.54) is 4.90 Å². The Labute approximate surface area is 136 Å². The van der Waals surface area contributed by atoms with Crippen LogP contribution in [0.3, 0.4) is 0 Å². The Kier molecular flexibility index (Phi) is 5.97. The second-order valence-corrected chi connectivity index (χ2v) is 7.68. The number of nitrogens with two attached hydrogens (primary N) is 1. The summed E-state index contributed by atoms with van der Waals surface area (Å²) in [4.78, 5) is 15.4. The van der Waals surface area contributed by atoms with Crippen molar-refractivity contribution in [2.45, 2.75) is 42.9 Å². The number of thioether (sulfide) groups is 1. The van der Waals surface area contributed by atoms with Crippen LogP contribution in [0.25, 0.3) is 0 Å². The molecule has 0 saturated carbocycles. The van der Waals surface area contributed by atoms with Gasteiger partial charge >= 0.3 is 0 Å². The highest BCUT2D eigenvalue weighted by Crippen LogP contribution is 2.31. The number of benzene rings is 1. The second-order valence-electron chi connectivity index (χ2n) is 5.87. The zero-order chi connectivity index (χ0) is 15.4. The molecule has 21 heavy (non-hydrogen) atoms. The average molecular weight is 327 g/mol. The SMILES string of the molecule is CC(C)[C@H](N)C(=O)N1CCC(Sc2ccc(Cl)cc2)CC1. The molecule has 2 N–H and O–H groups in total. The van der Waals surface area contributed by atoms with Gasteiger partial charge in [-0.2, -0.15) is 0 Å². The van der Waals surface area contributed by atoms with E-state index in [-0.39, 0.29) is 17.9 Å². The standard InChI is InChI=1S/C16H23ClN2OS/c1-11(2)15(18)16(20)19-9-7-14(8-10-19)21-13-5-3-12(17)4-6-13/h3-6,11,14-15H,7-10,18H2,1-2H3/t15-/m0/s1. The summed E-state index contributed by atoms with van der Waals surface area (Å²) in [5.74, 6) is 0.290. The number of halogens is 1. The molecule has 116 valence electrons. The first kappa shape index (κ1) is 16.7. The van der Waals surface area contributed by atoms with Crippen molar-refractivity contribution in [3.63, 3.8) is 0 Å². The number of likely N-dealkylation sites (tertiary alicyclic amines) is 1. The van der Waals surface area contributed by atoms with Crippen LogP contribution in [0, 0.1) is 5.92 Å². The molecule has 0 radical (unpaired) electrons. The van der Waals surface area contributed by atoms with Crippen LogP contribution in [0.4, 0.5) is 0 Å². The van der Waals surface area contributed by atoms with E-state index in [9.17, 15) is 4.79 Å². The van der Waals surface area contributed by atoms with Gasteiger partial charge in [0.15, 0.2) is 0 Å². The molecular weight excluding hydrogens is 304 g/mol. The molecule has 0 aromatic heterocycles. The number of nitrogens with zero attached hydrogens (tertiary/aromatic N) is 1. The van der Waals surface area contributed by atoms with E-state index < -0.39 is 0 Å². The molecule has 1 atom stereocenters. The molecule has 1 aliphatic rings. The molecule has 1 aromatic carbocycles. The summed E-state index contributed by atoms with van der Waals surface area (Å²) >= 11 is 7.77. The predicted octanol–water partition coefficient (Wildman–Crippen LogP) is 3.41. The zero-order valence-electron chi connectivity index (χ0n) is 12.6. The van der Waals surface area contributed by atoms with Crippen molar-refractivity contribution in [3.8, 4) is 0 Å². The van der Waals surface area contributed by atoms with Gasteiger partial charge in [-0.1, -0.05) is 25.4 Å². The van der Waals surface area contributed by atoms with Gasteiger partial charge in [0, 0.05) is 28.3 Å². The molecule has 1 heterocycles. The minimum atomic E-state index is -0.370. The van der Waals surface area contributed by atoms with E-state index in [2.05, 4.69) is 12.1 Å². The Morgan fingerprint density at radius 2 is 1.86 bits per heavy atom. The average Bonchev–Trinajstić information content (AvgIpc) is 2.49. The molecule has 1 aliphatic heterocycles. The summed E-state index contributed by atoms with van der Waals surface area (Å²) in [6.07, 6.45) is 2.04. The first-order chi connectivity index (χ1) is 9.97. The molecule has 0 bridgehead atoms. The highest BCUT2D eigenvalue weighted by molar-refractivity contribution is 8.00. The van der Waals surface area contributed by atoms with Crippen molar-refractivity contribution in [1.82, 2.24) is 4.90 Å². The van der Waals surface area contributed by atoms with Crippen molar-refractivity contribution in [2.24, 2.45) is 11.7 Å². The van der Waals surface area contributed by atoms with Crippen molar-refractivity contribution < 1.29 is 4.79 Å². The van der Waals surface area contributed by atoms with Gasteiger partial charge in [0.2, 0.25) is 5.91 Å². The van der Waals surface area contributed by atoms with Crippen LogP contribution in [0.5, 0.6) is 0 Å².